The predicted molar refractivity (Wildman–Crippen MR) is 61.1 cm³/mol. The third kappa shape index (κ3) is 1.38. The van der Waals surface area contributed by atoms with Crippen LogP contribution in [-0.4, -0.2) is 0 Å². The molecule has 4 heteroatoms. The first-order valence-electron chi connectivity index (χ1n) is 3.94. The van der Waals surface area contributed by atoms with Crippen molar-refractivity contribution in [2.24, 2.45) is 0 Å². The summed E-state index contributed by atoms with van der Waals surface area (Å²) in [5, 5.41) is 10.6. The standard InChI is InChI=1S/C10H5Cl2NS/c11-4-9-7(5-13)6-2-1-3-8(12)10(6)14-9/h1-3H,4H2. The number of fused-ring (bicyclic) bond motifs is 1. The summed E-state index contributed by atoms with van der Waals surface area (Å²) in [6, 6.07) is 7.72. The SMILES string of the molecule is N#Cc1c(CCl)sc2c(Cl)cccc12. The molecule has 0 amide bonds. The van der Waals surface area contributed by atoms with Gasteiger partial charge < -0.3 is 0 Å². The van der Waals surface area contributed by atoms with Gasteiger partial charge >= 0.3 is 0 Å². The van der Waals surface area contributed by atoms with Crippen molar-refractivity contribution >= 4 is 44.6 Å². The van der Waals surface area contributed by atoms with Crippen LogP contribution in [0.15, 0.2) is 18.2 Å². The van der Waals surface area contributed by atoms with Crippen LogP contribution in [0.5, 0.6) is 0 Å². The van der Waals surface area contributed by atoms with Crippen molar-refractivity contribution in [1.82, 2.24) is 0 Å². The molecule has 0 saturated carbocycles. The third-order valence-corrected chi connectivity index (χ3v) is 4.07. The maximum Gasteiger partial charge on any atom is 0.101 e. The number of rotatable bonds is 1. The molecule has 14 heavy (non-hydrogen) atoms. The number of benzene rings is 1. The largest absolute Gasteiger partial charge is 0.192 e. The second-order valence-corrected chi connectivity index (χ2v) is 4.54. The first kappa shape index (κ1) is 9.79. The molecule has 0 N–H and O–H groups in total. The predicted octanol–water partition coefficient (Wildman–Crippen LogP) is 4.17. The summed E-state index contributed by atoms with van der Waals surface area (Å²) < 4.78 is 0.946. The summed E-state index contributed by atoms with van der Waals surface area (Å²) in [7, 11) is 0. The smallest absolute Gasteiger partial charge is 0.101 e. The van der Waals surface area contributed by atoms with E-state index >= 15 is 0 Å². The molecule has 2 aromatic rings. The lowest BCUT2D eigenvalue weighted by Crippen LogP contribution is -1.76. The average molecular weight is 242 g/mol. The molecule has 0 fully saturated rings. The summed E-state index contributed by atoms with van der Waals surface area (Å²) in [5.74, 6) is 0.360. The summed E-state index contributed by atoms with van der Waals surface area (Å²) in [5.41, 5.74) is 0.655. The molecule has 1 aromatic heterocycles. The number of thiophene rings is 1. The number of halogens is 2. The zero-order valence-electron chi connectivity index (χ0n) is 7.05. The molecular weight excluding hydrogens is 237 g/mol. The molecule has 0 atom stereocenters. The lowest BCUT2D eigenvalue weighted by molar-refractivity contribution is 1.45. The Kier molecular flexibility index (Phi) is 2.64. The minimum absolute atomic E-state index is 0.360. The van der Waals surface area contributed by atoms with E-state index in [2.05, 4.69) is 6.07 Å². The van der Waals surface area contributed by atoms with Crippen molar-refractivity contribution in [3.63, 3.8) is 0 Å². The van der Waals surface area contributed by atoms with Crippen LogP contribution in [0.3, 0.4) is 0 Å². The van der Waals surface area contributed by atoms with Gasteiger partial charge in [0.15, 0.2) is 0 Å². The molecular formula is C10H5Cl2NS. The maximum absolute atomic E-state index is 8.98. The Balaban J connectivity index is 2.88. The summed E-state index contributed by atoms with van der Waals surface area (Å²) in [4.78, 5) is 0.886. The number of nitrogens with zero attached hydrogens (tertiary/aromatic N) is 1. The molecule has 0 aliphatic carbocycles. The Bertz CT molecular complexity index is 525. The van der Waals surface area contributed by atoms with E-state index in [0.717, 1.165) is 15.0 Å². The van der Waals surface area contributed by atoms with E-state index in [1.807, 2.05) is 18.2 Å². The van der Waals surface area contributed by atoms with E-state index < -0.39 is 0 Å². The van der Waals surface area contributed by atoms with Crippen LogP contribution < -0.4 is 0 Å². The summed E-state index contributed by atoms with van der Waals surface area (Å²) in [6.07, 6.45) is 0. The number of hydrogen-bond donors (Lipinski definition) is 0. The van der Waals surface area contributed by atoms with Gasteiger partial charge in [0, 0.05) is 10.3 Å². The third-order valence-electron chi connectivity index (χ3n) is 1.97. The highest BCUT2D eigenvalue weighted by Crippen LogP contribution is 2.36. The lowest BCUT2D eigenvalue weighted by atomic mass is 10.1. The monoisotopic (exact) mass is 241 g/mol. The zero-order chi connectivity index (χ0) is 10.1. The Morgan fingerprint density at radius 3 is 2.86 bits per heavy atom. The van der Waals surface area contributed by atoms with Crippen molar-refractivity contribution in [3.8, 4) is 6.07 Å². The number of alkyl halides is 1. The van der Waals surface area contributed by atoms with Crippen LogP contribution in [0.1, 0.15) is 10.4 Å². The van der Waals surface area contributed by atoms with Gasteiger partial charge in [0.25, 0.3) is 0 Å². The summed E-state index contributed by atoms with van der Waals surface area (Å²) in [6.45, 7) is 0. The Labute approximate surface area is 95.5 Å². The van der Waals surface area contributed by atoms with Gasteiger partial charge in [-0.3, -0.25) is 0 Å². The van der Waals surface area contributed by atoms with Gasteiger partial charge in [-0.05, 0) is 6.07 Å². The Morgan fingerprint density at radius 2 is 2.21 bits per heavy atom. The number of nitriles is 1. The molecule has 0 bridgehead atoms. The highest BCUT2D eigenvalue weighted by molar-refractivity contribution is 7.20. The Hall–Kier alpha value is -0.750. The molecule has 1 aromatic carbocycles. The van der Waals surface area contributed by atoms with Crippen LogP contribution in [-0.2, 0) is 5.88 Å². The first-order chi connectivity index (χ1) is 6.77. The van der Waals surface area contributed by atoms with E-state index in [1.54, 1.807) is 0 Å². The molecule has 0 spiro atoms. The summed E-state index contributed by atoms with van der Waals surface area (Å²) >= 11 is 13.3. The quantitative estimate of drug-likeness (QED) is 0.688. The Morgan fingerprint density at radius 1 is 1.43 bits per heavy atom. The van der Waals surface area contributed by atoms with E-state index in [0.29, 0.717) is 16.5 Å². The van der Waals surface area contributed by atoms with E-state index in [1.165, 1.54) is 11.3 Å². The van der Waals surface area contributed by atoms with Crippen LogP contribution in [0.2, 0.25) is 5.02 Å². The molecule has 2 rings (SSSR count). The first-order valence-corrected chi connectivity index (χ1v) is 5.66. The molecule has 0 aliphatic heterocycles. The fourth-order valence-electron chi connectivity index (χ4n) is 1.35. The second kappa shape index (κ2) is 3.78. The molecule has 0 saturated heterocycles. The lowest BCUT2D eigenvalue weighted by Gasteiger charge is -1.91. The van der Waals surface area contributed by atoms with Gasteiger partial charge in [-0.25, -0.2) is 0 Å². The van der Waals surface area contributed by atoms with Gasteiger partial charge in [-0.2, -0.15) is 5.26 Å². The normalized spacial score (nSPS) is 10.4. The fraction of sp³-hybridized carbons (Fsp3) is 0.100. The van der Waals surface area contributed by atoms with Crippen molar-refractivity contribution in [2.45, 2.75) is 5.88 Å². The van der Waals surface area contributed by atoms with Gasteiger partial charge in [-0.1, -0.05) is 23.7 Å². The van der Waals surface area contributed by atoms with Crippen molar-refractivity contribution in [3.05, 3.63) is 33.7 Å². The average Bonchev–Trinajstić information content (AvgIpc) is 2.57. The van der Waals surface area contributed by atoms with Crippen LogP contribution in [0, 0.1) is 11.3 Å². The van der Waals surface area contributed by atoms with Crippen LogP contribution >= 0.6 is 34.5 Å². The van der Waals surface area contributed by atoms with Gasteiger partial charge in [-0.15, -0.1) is 22.9 Å². The van der Waals surface area contributed by atoms with Crippen LogP contribution in [0.4, 0.5) is 0 Å². The van der Waals surface area contributed by atoms with Gasteiger partial charge in [0.1, 0.15) is 6.07 Å². The van der Waals surface area contributed by atoms with E-state index in [9.17, 15) is 0 Å². The molecule has 0 unspecified atom stereocenters. The molecule has 1 heterocycles. The fourth-order valence-corrected chi connectivity index (χ4v) is 2.94. The highest BCUT2D eigenvalue weighted by atomic mass is 35.5. The van der Waals surface area contributed by atoms with E-state index in [4.69, 9.17) is 28.5 Å². The van der Waals surface area contributed by atoms with Gasteiger partial charge in [0.2, 0.25) is 0 Å². The van der Waals surface area contributed by atoms with Crippen molar-refractivity contribution in [1.29, 1.82) is 5.26 Å². The molecule has 0 aliphatic rings. The van der Waals surface area contributed by atoms with E-state index in [-0.39, 0.29) is 0 Å². The van der Waals surface area contributed by atoms with Crippen molar-refractivity contribution < 1.29 is 0 Å². The molecule has 70 valence electrons. The molecule has 1 nitrogen and oxygen atoms in total. The minimum atomic E-state index is 0.360. The zero-order valence-corrected chi connectivity index (χ0v) is 9.38. The second-order valence-electron chi connectivity index (χ2n) is 2.76. The maximum atomic E-state index is 8.98. The van der Waals surface area contributed by atoms with Gasteiger partial charge in [0.05, 0.1) is 21.2 Å². The minimum Gasteiger partial charge on any atom is -0.192 e. The number of hydrogen-bond acceptors (Lipinski definition) is 2. The topological polar surface area (TPSA) is 23.8 Å². The highest BCUT2D eigenvalue weighted by Gasteiger charge is 2.12. The van der Waals surface area contributed by atoms with Crippen LogP contribution in [0.25, 0.3) is 10.1 Å². The van der Waals surface area contributed by atoms with Crippen molar-refractivity contribution in [2.75, 3.05) is 0 Å². The molecule has 0 radical (unpaired) electrons.